The first kappa shape index (κ1) is 20.4. The van der Waals surface area contributed by atoms with Gasteiger partial charge in [0.05, 0.1) is 12.3 Å². The van der Waals surface area contributed by atoms with E-state index in [1.165, 1.54) is 29.5 Å². The van der Waals surface area contributed by atoms with Crippen LogP contribution in [-0.4, -0.2) is 58.2 Å². The third-order valence-electron chi connectivity index (χ3n) is 6.97. The molecule has 0 radical (unpaired) electrons. The van der Waals surface area contributed by atoms with Crippen molar-refractivity contribution in [3.8, 4) is 11.1 Å². The summed E-state index contributed by atoms with van der Waals surface area (Å²) in [7, 11) is 0. The third kappa shape index (κ3) is 4.29. The van der Waals surface area contributed by atoms with E-state index in [0.29, 0.717) is 12.0 Å². The number of pyridine rings is 1. The summed E-state index contributed by atoms with van der Waals surface area (Å²) in [5, 5.41) is 10.2. The molecule has 0 amide bonds. The number of rotatable bonds is 5. The molecule has 1 aromatic heterocycles. The molecule has 0 saturated carbocycles. The van der Waals surface area contributed by atoms with Crippen molar-refractivity contribution in [3.63, 3.8) is 0 Å². The summed E-state index contributed by atoms with van der Waals surface area (Å²) < 4.78 is 0. The zero-order valence-electron chi connectivity index (χ0n) is 18.0. The van der Waals surface area contributed by atoms with E-state index < -0.39 is 0 Å². The Morgan fingerprint density at radius 2 is 1.58 bits per heavy atom. The van der Waals surface area contributed by atoms with Gasteiger partial charge in [-0.3, -0.25) is 14.8 Å². The van der Waals surface area contributed by atoms with Crippen molar-refractivity contribution in [1.82, 2.24) is 14.8 Å². The molecule has 0 unspecified atom stereocenters. The van der Waals surface area contributed by atoms with Gasteiger partial charge in [-0.15, -0.1) is 0 Å². The van der Waals surface area contributed by atoms with Gasteiger partial charge in [-0.2, -0.15) is 0 Å². The van der Waals surface area contributed by atoms with Crippen LogP contribution in [0.3, 0.4) is 0 Å². The predicted molar refractivity (Wildman–Crippen MR) is 125 cm³/mol. The Kier molecular flexibility index (Phi) is 6.12. The number of aliphatic hydroxyl groups excluding tert-OH is 1. The second kappa shape index (κ2) is 9.31. The van der Waals surface area contributed by atoms with E-state index in [0.717, 1.165) is 31.9 Å². The molecule has 2 fully saturated rings. The van der Waals surface area contributed by atoms with Crippen LogP contribution < -0.4 is 0 Å². The van der Waals surface area contributed by atoms with Gasteiger partial charge < -0.3 is 5.11 Å². The summed E-state index contributed by atoms with van der Waals surface area (Å²) in [4.78, 5) is 9.64. The van der Waals surface area contributed by atoms with Gasteiger partial charge in [0.15, 0.2) is 0 Å². The van der Waals surface area contributed by atoms with Gasteiger partial charge >= 0.3 is 0 Å². The Bertz CT molecular complexity index is 961. The lowest BCUT2D eigenvalue weighted by molar-refractivity contribution is -0.0656. The monoisotopic (exact) mass is 413 g/mol. The molecular weight excluding hydrogens is 382 g/mol. The standard InChI is InChI=1S/C27H31N3O/c31-20-26-27(23-13-11-22(12-14-23)21-8-2-1-3-9-21)25-19-29(16-6-7-17-30(25)26)18-24-10-4-5-15-28-24/h1-5,8-15,25-27,31H,6-7,16-20H2/t25-,26+,27-/m1/s1. The number of benzene rings is 2. The highest BCUT2D eigenvalue weighted by Gasteiger charge is 2.49. The number of fused-ring (bicyclic) bond motifs is 1. The fourth-order valence-corrected chi connectivity index (χ4v) is 5.40. The van der Waals surface area contributed by atoms with Crippen molar-refractivity contribution in [2.75, 3.05) is 26.2 Å². The van der Waals surface area contributed by atoms with E-state index in [9.17, 15) is 5.11 Å². The average molecular weight is 414 g/mol. The van der Waals surface area contributed by atoms with Crippen LogP contribution >= 0.6 is 0 Å². The minimum atomic E-state index is 0.224. The van der Waals surface area contributed by atoms with Crippen LogP contribution in [0.5, 0.6) is 0 Å². The molecule has 0 spiro atoms. The first-order valence-electron chi connectivity index (χ1n) is 11.5. The fraction of sp³-hybridized carbons (Fsp3) is 0.370. The molecule has 4 heteroatoms. The van der Waals surface area contributed by atoms with Crippen molar-refractivity contribution >= 4 is 0 Å². The molecule has 2 aromatic carbocycles. The smallest absolute Gasteiger partial charge is 0.0593 e. The first-order valence-corrected chi connectivity index (χ1v) is 11.5. The normalized spacial score (nSPS) is 24.6. The van der Waals surface area contributed by atoms with Crippen LogP contribution in [0, 0.1) is 0 Å². The molecule has 2 aliphatic heterocycles. The molecule has 0 bridgehead atoms. The molecule has 3 aromatic rings. The third-order valence-corrected chi connectivity index (χ3v) is 6.97. The Morgan fingerprint density at radius 3 is 2.32 bits per heavy atom. The number of nitrogens with zero attached hydrogens (tertiary/aromatic N) is 3. The maximum absolute atomic E-state index is 10.2. The largest absolute Gasteiger partial charge is 0.395 e. The Morgan fingerprint density at radius 1 is 0.839 bits per heavy atom. The van der Waals surface area contributed by atoms with Crippen molar-refractivity contribution in [1.29, 1.82) is 0 Å². The minimum Gasteiger partial charge on any atom is -0.395 e. The molecule has 2 saturated heterocycles. The molecule has 3 atom stereocenters. The highest BCUT2D eigenvalue weighted by Crippen LogP contribution is 2.42. The van der Waals surface area contributed by atoms with E-state index in [-0.39, 0.29) is 12.6 Å². The van der Waals surface area contributed by atoms with E-state index in [1.807, 2.05) is 12.3 Å². The lowest BCUT2D eigenvalue weighted by Gasteiger charge is -2.57. The van der Waals surface area contributed by atoms with Gasteiger partial charge in [0, 0.05) is 37.3 Å². The topological polar surface area (TPSA) is 39.6 Å². The maximum atomic E-state index is 10.2. The maximum Gasteiger partial charge on any atom is 0.0593 e. The van der Waals surface area contributed by atoms with Crippen LogP contribution in [-0.2, 0) is 6.54 Å². The zero-order valence-corrected chi connectivity index (χ0v) is 18.0. The summed E-state index contributed by atoms with van der Waals surface area (Å²) in [6.45, 7) is 4.35. The molecule has 0 aliphatic carbocycles. The molecule has 4 nitrogen and oxygen atoms in total. The predicted octanol–water partition coefficient (Wildman–Crippen LogP) is 4.17. The SMILES string of the molecule is OC[C@H]1[C@H](c2ccc(-c3ccccc3)cc2)[C@H]2CN(Cc3ccccn3)CCCCN21. The second-order valence-electron chi connectivity index (χ2n) is 8.83. The van der Waals surface area contributed by atoms with Crippen molar-refractivity contribution in [2.24, 2.45) is 0 Å². The highest BCUT2D eigenvalue weighted by molar-refractivity contribution is 5.63. The summed E-state index contributed by atoms with van der Waals surface area (Å²) in [5.74, 6) is 0.374. The van der Waals surface area contributed by atoms with Gasteiger partial charge in [0.25, 0.3) is 0 Å². The van der Waals surface area contributed by atoms with Gasteiger partial charge in [-0.05, 0) is 54.8 Å². The number of aromatic nitrogens is 1. The average Bonchev–Trinajstić information content (AvgIpc) is 2.81. The minimum absolute atomic E-state index is 0.224. The summed E-state index contributed by atoms with van der Waals surface area (Å²) >= 11 is 0. The zero-order chi connectivity index (χ0) is 21.0. The van der Waals surface area contributed by atoms with Crippen LogP contribution in [0.2, 0.25) is 0 Å². The summed E-state index contributed by atoms with van der Waals surface area (Å²) in [5.41, 5.74) is 4.97. The van der Waals surface area contributed by atoms with Crippen LogP contribution in [0.25, 0.3) is 11.1 Å². The molecular formula is C27H31N3O. The molecule has 5 rings (SSSR count). The molecule has 160 valence electrons. The van der Waals surface area contributed by atoms with Crippen molar-refractivity contribution in [3.05, 3.63) is 90.3 Å². The van der Waals surface area contributed by atoms with Crippen molar-refractivity contribution < 1.29 is 5.11 Å². The van der Waals surface area contributed by atoms with Crippen LogP contribution in [0.15, 0.2) is 79.0 Å². The molecule has 2 aliphatic rings. The quantitative estimate of drug-likeness (QED) is 0.681. The van der Waals surface area contributed by atoms with Crippen LogP contribution in [0.1, 0.15) is 30.0 Å². The molecule has 1 N–H and O–H groups in total. The second-order valence-corrected chi connectivity index (χ2v) is 8.83. The van der Waals surface area contributed by atoms with Gasteiger partial charge in [-0.25, -0.2) is 0 Å². The van der Waals surface area contributed by atoms with Crippen LogP contribution in [0.4, 0.5) is 0 Å². The highest BCUT2D eigenvalue weighted by atomic mass is 16.3. The number of hydrogen-bond donors (Lipinski definition) is 1. The molecule has 31 heavy (non-hydrogen) atoms. The lowest BCUT2D eigenvalue weighted by atomic mass is 9.74. The molecule has 3 heterocycles. The van der Waals surface area contributed by atoms with E-state index in [1.54, 1.807) is 0 Å². The number of hydrogen-bond acceptors (Lipinski definition) is 4. The lowest BCUT2D eigenvalue weighted by Crippen LogP contribution is -2.67. The van der Waals surface area contributed by atoms with Gasteiger partial charge in [0.1, 0.15) is 0 Å². The Labute approximate surface area is 185 Å². The summed E-state index contributed by atoms with van der Waals surface area (Å²) in [6.07, 6.45) is 4.27. The van der Waals surface area contributed by atoms with Crippen molar-refractivity contribution in [2.45, 2.75) is 37.4 Å². The fourth-order valence-electron chi connectivity index (χ4n) is 5.40. The van der Waals surface area contributed by atoms with E-state index in [4.69, 9.17) is 0 Å². The van der Waals surface area contributed by atoms with Gasteiger partial charge in [0.2, 0.25) is 0 Å². The summed E-state index contributed by atoms with van der Waals surface area (Å²) in [6, 6.07) is 26.4. The van der Waals surface area contributed by atoms with Gasteiger partial charge in [-0.1, -0.05) is 60.7 Å². The Balaban J connectivity index is 1.36. The van der Waals surface area contributed by atoms with E-state index in [2.05, 4.69) is 81.5 Å². The van der Waals surface area contributed by atoms with E-state index >= 15 is 0 Å². The first-order chi connectivity index (χ1) is 15.3. The number of aliphatic hydroxyl groups is 1. The Hall–Kier alpha value is -2.53.